The third-order valence-corrected chi connectivity index (χ3v) is 5.30. The number of rotatable bonds is 7. The standard InChI is InChI=1S/C16H26N2O2S.ClH/c1-13(2)12-14-5-7-16(8-6-14)21(19,20)18-11-9-15-4-3-10-17-15;/h5-8,13,15,17-18H,3-4,9-12H2,1-2H3;1H/t15-;/m1./s1. The van der Waals surface area contributed by atoms with Crippen molar-refractivity contribution in [3.63, 3.8) is 0 Å². The molecule has 1 heterocycles. The first kappa shape index (κ1) is 19.4. The van der Waals surface area contributed by atoms with E-state index in [0.29, 0.717) is 23.4 Å². The summed E-state index contributed by atoms with van der Waals surface area (Å²) in [4.78, 5) is 0.356. The lowest BCUT2D eigenvalue weighted by Crippen LogP contribution is -2.30. The molecule has 0 saturated carbocycles. The molecule has 22 heavy (non-hydrogen) atoms. The zero-order valence-electron chi connectivity index (χ0n) is 13.3. The van der Waals surface area contributed by atoms with E-state index >= 15 is 0 Å². The third kappa shape index (κ3) is 5.88. The second kappa shape index (κ2) is 8.87. The van der Waals surface area contributed by atoms with Crippen molar-refractivity contribution in [3.8, 4) is 0 Å². The summed E-state index contributed by atoms with van der Waals surface area (Å²) in [5, 5.41) is 3.37. The van der Waals surface area contributed by atoms with Crippen LogP contribution in [0, 0.1) is 5.92 Å². The largest absolute Gasteiger partial charge is 0.314 e. The van der Waals surface area contributed by atoms with Crippen molar-refractivity contribution in [2.24, 2.45) is 5.92 Å². The maximum atomic E-state index is 12.2. The van der Waals surface area contributed by atoms with Crippen molar-refractivity contribution < 1.29 is 8.42 Å². The Kier molecular flexibility index (Phi) is 7.83. The summed E-state index contributed by atoms with van der Waals surface area (Å²) < 4.78 is 27.1. The summed E-state index contributed by atoms with van der Waals surface area (Å²) >= 11 is 0. The monoisotopic (exact) mass is 346 g/mol. The van der Waals surface area contributed by atoms with Crippen LogP contribution in [0.1, 0.15) is 38.7 Å². The van der Waals surface area contributed by atoms with Gasteiger partial charge in [0.05, 0.1) is 4.90 Å². The van der Waals surface area contributed by atoms with Gasteiger partial charge in [-0.05, 0) is 55.8 Å². The molecule has 126 valence electrons. The Hall–Kier alpha value is -0.620. The van der Waals surface area contributed by atoms with Crippen LogP contribution in [0.5, 0.6) is 0 Å². The molecule has 4 nitrogen and oxygen atoms in total. The Morgan fingerprint density at radius 2 is 1.95 bits per heavy atom. The van der Waals surface area contributed by atoms with Gasteiger partial charge in [-0.1, -0.05) is 26.0 Å². The average molecular weight is 347 g/mol. The number of nitrogens with one attached hydrogen (secondary N) is 2. The predicted molar refractivity (Wildman–Crippen MR) is 93.1 cm³/mol. The van der Waals surface area contributed by atoms with Crippen molar-refractivity contribution >= 4 is 22.4 Å². The molecule has 1 saturated heterocycles. The van der Waals surface area contributed by atoms with Crippen LogP contribution >= 0.6 is 12.4 Å². The zero-order valence-corrected chi connectivity index (χ0v) is 15.0. The van der Waals surface area contributed by atoms with E-state index in [2.05, 4.69) is 23.9 Å². The van der Waals surface area contributed by atoms with Crippen LogP contribution in [0.25, 0.3) is 0 Å². The molecule has 6 heteroatoms. The molecule has 0 aliphatic carbocycles. The van der Waals surface area contributed by atoms with Gasteiger partial charge in [0, 0.05) is 12.6 Å². The molecule has 1 atom stereocenters. The fourth-order valence-electron chi connectivity index (χ4n) is 2.73. The Labute approximate surface area is 140 Å². The number of benzene rings is 1. The second-order valence-electron chi connectivity index (χ2n) is 6.22. The lowest BCUT2D eigenvalue weighted by atomic mass is 10.0. The smallest absolute Gasteiger partial charge is 0.240 e. The van der Waals surface area contributed by atoms with Gasteiger partial charge in [-0.15, -0.1) is 12.4 Å². The molecule has 1 aliphatic rings. The number of hydrogen-bond donors (Lipinski definition) is 2. The van der Waals surface area contributed by atoms with Gasteiger partial charge in [0.15, 0.2) is 0 Å². The van der Waals surface area contributed by atoms with E-state index in [1.165, 1.54) is 12.0 Å². The van der Waals surface area contributed by atoms with Crippen molar-refractivity contribution in [2.45, 2.75) is 50.5 Å². The summed E-state index contributed by atoms with van der Waals surface area (Å²) in [5.41, 5.74) is 1.18. The lowest BCUT2D eigenvalue weighted by molar-refractivity contribution is 0.539. The highest BCUT2D eigenvalue weighted by molar-refractivity contribution is 7.89. The fraction of sp³-hybridized carbons (Fsp3) is 0.625. The minimum absolute atomic E-state index is 0. The molecular weight excluding hydrogens is 320 g/mol. The van der Waals surface area contributed by atoms with Gasteiger partial charge in [-0.3, -0.25) is 0 Å². The first-order valence-electron chi connectivity index (χ1n) is 7.79. The molecule has 1 aromatic carbocycles. The lowest BCUT2D eigenvalue weighted by Gasteiger charge is -2.12. The summed E-state index contributed by atoms with van der Waals surface area (Å²) in [5.74, 6) is 0.574. The third-order valence-electron chi connectivity index (χ3n) is 3.82. The van der Waals surface area contributed by atoms with Gasteiger partial charge < -0.3 is 5.32 Å². The van der Waals surface area contributed by atoms with Crippen molar-refractivity contribution in [1.82, 2.24) is 10.0 Å². The van der Waals surface area contributed by atoms with Crippen molar-refractivity contribution in [2.75, 3.05) is 13.1 Å². The van der Waals surface area contributed by atoms with Crippen molar-refractivity contribution in [1.29, 1.82) is 0 Å². The fourth-order valence-corrected chi connectivity index (χ4v) is 3.78. The van der Waals surface area contributed by atoms with Gasteiger partial charge in [0.2, 0.25) is 10.0 Å². The molecule has 0 bridgehead atoms. The second-order valence-corrected chi connectivity index (χ2v) is 7.99. The number of sulfonamides is 1. The quantitative estimate of drug-likeness (QED) is 0.798. The van der Waals surface area contributed by atoms with Crippen LogP contribution in [0.4, 0.5) is 0 Å². The molecule has 0 unspecified atom stereocenters. The van der Waals surface area contributed by atoms with E-state index in [1.807, 2.05) is 12.1 Å². The topological polar surface area (TPSA) is 58.2 Å². The maximum Gasteiger partial charge on any atom is 0.240 e. The highest BCUT2D eigenvalue weighted by Gasteiger charge is 2.17. The van der Waals surface area contributed by atoms with Crippen LogP contribution in [0.3, 0.4) is 0 Å². The maximum absolute atomic E-state index is 12.2. The highest BCUT2D eigenvalue weighted by Crippen LogP contribution is 2.14. The van der Waals surface area contributed by atoms with Crippen LogP contribution in [0.15, 0.2) is 29.2 Å². The normalized spacial score (nSPS) is 18.4. The Morgan fingerprint density at radius 3 is 2.50 bits per heavy atom. The summed E-state index contributed by atoms with van der Waals surface area (Å²) in [6.45, 7) is 5.86. The Bertz CT molecular complexity index is 538. The molecule has 0 amide bonds. The molecule has 1 fully saturated rings. The molecule has 2 N–H and O–H groups in total. The van der Waals surface area contributed by atoms with E-state index in [9.17, 15) is 8.42 Å². The van der Waals surface area contributed by atoms with Crippen LogP contribution in [-0.2, 0) is 16.4 Å². The Morgan fingerprint density at radius 1 is 1.27 bits per heavy atom. The molecule has 0 aromatic heterocycles. The van der Waals surface area contributed by atoms with E-state index in [0.717, 1.165) is 25.8 Å². The van der Waals surface area contributed by atoms with Crippen LogP contribution in [-0.4, -0.2) is 27.5 Å². The summed E-state index contributed by atoms with van der Waals surface area (Å²) in [6.07, 6.45) is 4.16. The van der Waals surface area contributed by atoms with Crippen molar-refractivity contribution in [3.05, 3.63) is 29.8 Å². The van der Waals surface area contributed by atoms with Crippen LogP contribution < -0.4 is 10.0 Å². The molecule has 1 aliphatic heterocycles. The molecule has 0 spiro atoms. The summed E-state index contributed by atoms with van der Waals surface area (Å²) in [6, 6.07) is 7.68. The van der Waals surface area contributed by atoms with E-state index in [4.69, 9.17) is 0 Å². The van der Waals surface area contributed by atoms with Gasteiger partial charge in [0.25, 0.3) is 0 Å². The number of hydrogen-bond acceptors (Lipinski definition) is 3. The first-order valence-corrected chi connectivity index (χ1v) is 9.27. The minimum Gasteiger partial charge on any atom is -0.314 e. The highest BCUT2D eigenvalue weighted by atomic mass is 35.5. The van der Waals surface area contributed by atoms with E-state index in [1.54, 1.807) is 12.1 Å². The van der Waals surface area contributed by atoms with Gasteiger partial charge in [0.1, 0.15) is 0 Å². The molecular formula is C16H27ClN2O2S. The minimum atomic E-state index is -3.37. The molecule has 2 rings (SSSR count). The average Bonchev–Trinajstić information content (AvgIpc) is 2.91. The summed E-state index contributed by atoms with van der Waals surface area (Å²) in [7, 11) is -3.37. The predicted octanol–water partition coefficient (Wildman–Crippen LogP) is 2.73. The SMILES string of the molecule is CC(C)Cc1ccc(S(=O)(=O)NCC[C@H]2CCCN2)cc1.Cl. The number of halogens is 1. The zero-order chi connectivity index (χ0) is 15.3. The van der Waals surface area contributed by atoms with Gasteiger partial charge >= 0.3 is 0 Å². The molecule has 1 aromatic rings. The first-order chi connectivity index (χ1) is 9.97. The Balaban J connectivity index is 0.00000242. The van der Waals surface area contributed by atoms with Crippen LogP contribution in [0.2, 0.25) is 0 Å². The van der Waals surface area contributed by atoms with Gasteiger partial charge in [-0.25, -0.2) is 13.1 Å². The van der Waals surface area contributed by atoms with Gasteiger partial charge in [-0.2, -0.15) is 0 Å². The molecule has 0 radical (unpaired) electrons. The van der Waals surface area contributed by atoms with E-state index < -0.39 is 10.0 Å². The van der Waals surface area contributed by atoms with E-state index in [-0.39, 0.29) is 12.4 Å².